The van der Waals surface area contributed by atoms with Gasteiger partial charge in [-0.1, -0.05) is 19.6 Å². The Kier molecular flexibility index (Phi) is 7.55. The van der Waals surface area contributed by atoms with Gasteiger partial charge in [0.2, 0.25) is 0 Å². The zero-order chi connectivity index (χ0) is 16.0. The van der Waals surface area contributed by atoms with Crippen LogP contribution in [0.1, 0.15) is 19.3 Å². The van der Waals surface area contributed by atoms with Gasteiger partial charge in [-0.2, -0.15) is 5.10 Å². The SMILES string of the molecule is C[Si](C)(C)C(=NN)C(I)=NCC(=CN)C(Br)=NC1CCC1. The third-order valence-electron chi connectivity index (χ3n) is 3.26. The summed E-state index contributed by atoms with van der Waals surface area (Å²) in [5, 5.41) is 4.85. The third kappa shape index (κ3) is 5.82. The summed E-state index contributed by atoms with van der Waals surface area (Å²) in [6.45, 7) is 7.07. The van der Waals surface area contributed by atoms with Gasteiger partial charge < -0.3 is 11.6 Å². The minimum atomic E-state index is -1.59. The average Bonchev–Trinajstić information content (AvgIpc) is 2.33. The molecule has 118 valence electrons. The summed E-state index contributed by atoms with van der Waals surface area (Å²) in [6, 6.07) is 0.431. The van der Waals surface area contributed by atoms with Crippen molar-refractivity contribution < 1.29 is 0 Å². The number of hydrogen-bond acceptors (Lipinski definition) is 5. The topological polar surface area (TPSA) is 89.1 Å². The Hall–Kier alpha value is -0.223. The summed E-state index contributed by atoms with van der Waals surface area (Å²) >= 11 is 5.70. The van der Waals surface area contributed by atoms with Crippen molar-refractivity contribution in [2.75, 3.05) is 6.54 Å². The third-order valence-corrected chi connectivity index (χ3v) is 7.12. The van der Waals surface area contributed by atoms with E-state index in [4.69, 9.17) is 11.6 Å². The van der Waals surface area contributed by atoms with E-state index >= 15 is 0 Å². The predicted octanol–water partition coefficient (Wildman–Crippen LogP) is 3.20. The Balaban J connectivity index is 2.78. The molecule has 0 unspecified atom stereocenters. The van der Waals surface area contributed by atoms with Crippen LogP contribution in [-0.2, 0) is 0 Å². The van der Waals surface area contributed by atoms with Crippen LogP contribution in [0.2, 0.25) is 19.6 Å². The highest BCUT2D eigenvalue weighted by Gasteiger charge is 2.25. The van der Waals surface area contributed by atoms with Gasteiger partial charge in [-0.25, -0.2) is 0 Å². The minimum Gasteiger partial charge on any atom is -0.404 e. The van der Waals surface area contributed by atoms with Crippen molar-refractivity contribution in [2.24, 2.45) is 26.7 Å². The second-order valence-electron chi connectivity index (χ2n) is 6.03. The Morgan fingerprint density at radius 1 is 1.38 bits per heavy atom. The molecule has 0 spiro atoms. The van der Waals surface area contributed by atoms with Gasteiger partial charge in [0.15, 0.2) is 0 Å². The van der Waals surface area contributed by atoms with E-state index in [0.717, 1.165) is 32.1 Å². The summed E-state index contributed by atoms with van der Waals surface area (Å²) in [5.74, 6) is 5.51. The molecule has 1 fully saturated rings. The molecule has 0 atom stereocenters. The van der Waals surface area contributed by atoms with Crippen molar-refractivity contribution in [1.82, 2.24) is 0 Å². The zero-order valence-electron chi connectivity index (χ0n) is 12.7. The van der Waals surface area contributed by atoms with E-state index in [1.165, 1.54) is 6.42 Å². The van der Waals surface area contributed by atoms with Gasteiger partial charge >= 0.3 is 0 Å². The van der Waals surface area contributed by atoms with Gasteiger partial charge in [0.25, 0.3) is 0 Å². The summed E-state index contributed by atoms with van der Waals surface area (Å²) in [7, 11) is -1.59. The van der Waals surface area contributed by atoms with Gasteiger partial charge in [-0.15, -0.1) is 0 Å². The van der Waals surface area contributed by atoms with Crippen molar-refractivity contribution >= 4 is 60.3 Å². The van der Waals surface area contributed by atoms with Crippen LogP contribution in [0.5, 0.6) is 0 Å². The lowest BCUT2D eigenvalue weighted by Crippen LogP contribution is -2.38. The molecule has 0 bridgehead atoms. The molecular weight excluding hydrogens is 461 g/mol. The van der Waals surface area contributed by atoms with Crippen LogP contribution in [0.25, 0.3) is 0 Å². The molecule has 0 saturated heterocycles. The molecule has 0 aromatic carbocycles. The van der Waals surface area contributed by atoms with E-state index in [0.29, 0.717) is 12.6 Å². The normalized spacial score (nSPS) is 19.7. The zero-order valence-corrected chi connectivity index (χ0v) is 17.5. The fraction of sp³-hybridized carbons (Fsp3) is 0.615. The summed E-state index contributed by atoms with van der Waals surface area (Å²) in [5.41, 5.74) is 6.59. The summed E-state index contributed by atoms with van der Waals surface area (Å²) in [4.78, 5) is 9.19. The highest BCUT2D eigenvalue weighted by molar-refractivity contribution is 14.1. The van der Waals surface area contributed by atoms with E-state index in [-0.39, 0.29) is 0 Å². The average molecular weight is 484 g/mol. The first-order chi connectivity index (χ1) is 9.79. The van der Waals surface area contributed by atoms with Gasteiger partial charge in [0.05, 0.1) is 17.9 Å². The van der Waals surface area contributed by atoms with Gasteiger partial charge in [-0.05, 0) is 57.8 Å². The van der Waals surface area contributed by atoms with Crippen LogP contribution in [0.15, 0.2) is 26.9 Å². The molecule has 8 heteroatoms. The monoisotopic (exact) mass is 483 g/mol. The van der Waals surface area contributed by atoms with Crippen LogP contribution < -0.4 is 11.6 Å². The van der Waals surface area contributed by atoms with Crippen LogP contribution in [0.3, 0.4) is 0 Å². The minimum absolute atomic E-state index is 0.431. The van der Waals surface area contributed by atoms with E-state index in [1.807, 2.05) is 0 Å². The van der Waals surface area contributed by atoms with Crippen molar-refractivity contribution in [2.45, 2.75) is 44.9 Å². The molecule has 0 radical (unpaired) electrons. The number of halogens is 2. The van der Waals surface area contributed by atoms with Crippen LogP contribution in [0, 0.1) is 0 Å². The van der Waals surface area contributed by atoms with Crippen LogP contribution in [-0.4, -0.2) is 34.3 Å². The van der Waals surface area contributed by atoms with Crippen molar-refractivity contribution in [3.63, 3.8) is 0 Å². The fourth-order valence-electron chi connectivity index (χ4n) is 1.73. The molecular formula is C13H23BrIN5Si. The molecule has 1 aliphatic carbocycles. The maximum Gasteiger partial charge on any atom is 0.114 e. The predicted molar refractivity (Wildman–Crippen MR) is 108 cm³/mol. The van der Waals surface area contributed by atoms with Crippen molar-refractivity contribution in [1.29, 1.82) is 0 Å². The number of hydrogen-bond donors (Lipinski definition) is 2. The molecule has 0 aromatic heterocycles. The standard InChI is InChI=1S/C13H23BrIN5Si/c1-21(2,3)13(20-17)12(15)18-8-9(7-16)11(14)19-10-5-4-6-10/h7,10H,4-6,8,16-17H2,1-3H3. The Morgan fingerprint density at radius 3 is 2.38 bits per heavy atom. The van der Waals surface area contributed by atoms with Crippen LogP contribution in [0.4, 0.5) is 0 Å². The number of nitrogens with two attached hydrogens (primary N) is 2. The summed E-state index contributed by atoms with van der Waals surface area (Å²) < 4.78 is 1.67. The van der Waals surface area contributed by atoms with Crippen molar-refractivity contribution in [3.05, 3.63) is 11.8 Å². The second-order valence-corrected chi connectivity index (χ2v) is 12.8. The lowest BCUT2D eigenvalue weighted by molar-refractivity contribution is 0.421. The van der Waals surface area contributed by atoms with E-state index in [2.05, 4.69) is 73.2 Å². The first kappa shape index (κ1) is 18.8. The molecule has 21 heavy (non-hydrogen) atoms. The first-order valence-electron chi connectivity index (χ1n) is 6.92. The number of hydrazone groups is 1. The molecule has 1 rings (SSSR count). The first-order valence-corrected chi connectivity index (χ1v) is 12.3. The van der Waals surface area contributed by atoms with Crippen molar-refractivity contribution in [3.8, 4) is 0 Å². The largest absolute Gasteiger partial charge is 0.404 e. The van der Waals surface area contributed by atoms with E-state index in [1.54, 1.807) is 6.20 Å². The molecule has 5 nitrogen and oxygen atoms in total. The maximum atomic E-state index is 5.70. The molecule has 0 aromatic rings. The molecule has 4 N–H and O–H groups in total. The molecule has 0 amide bonds. The van der Waals surface area contributed by atoms with Gasteiger partial charge in [0.1, 0.15) is 16.4 Å². The quantitative estimate of drug-likeness (QED) is 0.200. The van der Waals surface area contributed by atoms with Gasteiger partial charge in [-0.3, -0.25) is 9.98 Å². The lowest BCUT2D eigenvalue weighted by Gasteiger charge is -2.21. The Labute approximate surface area is 149 Å². The number of rotatable bonds is 6. The number of nitrogens with zero attached hydrogens (tertiary/aromatic N) is 3. The highest BCUT2D eigenvalue weighted by atomic mass is 127. The second kappa shape index (κ2) is 8.42. The van der Waals surface area contributed by atoms with Gasteiger partial charge in [0, 0.05) is 11.8 Å². The fourth-order valence-corrected chi connectivity index (χ4v) is 6.10. The lowest BCUT2D eigenvalue weighted by atomic mass is 9.94. The smallest absolute Gasteiger partial charge is 0.114 e. The summed E-state index contributed by atoms with van der Waals surface area (Å²) in [6.07, 6.45) is 5.15. The molecule has 1 saturated carbocycles. The van der Waals surface area contributed by atoms with E-state index < -0.39 is 8.07 Å². The Morgan fingerprint density at radius 2 is 2.00 bits per heavy atom. The number of aliphatic imine (C=N–C) groups is 2. The Bertz CT molecular complexity index is 489. The molecule has 0 aliphatic heterocycles. The highest BCUT2D eigenvalue weighted by Crippen LogP contribution is 2.24. The molecule has 0 heterocycles. The van der Waals surface area contributed by atoms with Crippen LogP contribution >= 0.6 is 38.5 Å². The van der Waals surface area contributed by atoms with E-state index in [9.17, 15) is 0 Å². The molecule has 1 aliphatic rings. The maximum absolute atomic E-state index is 5.70.